The molecule has 5 rings (SSSR count). The maximum Gasteiger partial charge on any atom is 0.0907 e. The van der Waals surface area contributed by atoms with Crippen molar-refractivity contribution in [3.8, 4) is 0 Å². The normalized spacial score (nSPS) is 56.7. The number of rotatable bonds is 2. The van der Waals surface area contributed by atoms with Gasteiger partial charge in [0.15, 0.2) is 0 Å². The highest BCUT2D eigenvalue weighted by Gasteiger charge is 2.69. The average molecular weight is 472 g/mol. The Balaban J connectivity index is 1.57. The van der Waals surface area contributed by atoms with Crippen LogP contribution < -0.4 is 5.11 Å². The van der Waals surface area contributed by atoms with Gasteiger partial charge >= 0.3 is 0 Å². The second-order valence-electron chi connectivity index (χ2n) is 14.6. The summed E-state index contributed by atoms with van der Waals surface area (Å²) in [6.45, 7) is 16.3. The van der Waals surface area contributed by atoms with Gasteiger partial charge in [-0.2, -0.15) is 0 Å². The zero-order valence-corrected chi connectivity index (χ0v) is 22.5. The van der Waals surface area contributed by atoms with Crippen molar-refractivity contribution in [3.63, 3.8) is 0 Å². The molecule has 0 unspecified atom stereocenters. The van der Waals surface area contributed by atoms with Gasteiger partial charge in [0.25, 0.3) is 0 Å². The number of fused-ring (bicyclic) bond motifs is 7. The fourth-order valence-electron chi connectivity index (χ4n) is 11.3. The van der Waals surface area contributed by atoms with Crippen molar-refractivity contribution in [1.29, 1.82) is 0 Å². The topological polar surface area (TPSA) is 80.6 Å². The molecule has 34 heavy (non-hydrogen) atoms. The third-order valence-corrected chi connectivity index (χ3v) is 13.3. The molecule has 0 aliphatic heterocycles. The van der Waals surface area contributed by atoms with Crippen LogP contribution in [0.4, 0.5) is 0 Å². The standard InChI is InChI=1S/C30H48O4/c1-17(2)18-8-10-22-26(18,3)14-15-28(5)20-9-11-23-27(4,19(20)12-13-29(22,28)6)16-21(31)24(32)30(23,7)25(33)34/h9,17-19,21-24,31-32H,8,10-16H2,1-7H3,(H,33,34)/p-1/t18-,19+,21-,22-,23-,24+,26-,27-,28-,29+,30+/m1/s1. The molecule has 11 atom stereocenters. The van der Waals surface area contributed by atoms with Crippen molar-refractivity contribution >= 4 is 5.97 Å². The first-order valence-electron chi connectivity index (χ1n) is 14.0. The van der Waals surface area contributed by atoms with E-state index in [0.717, 1.165) is 24.2 Å². The first kappa shape index (κ1) is 24.8. The van der Waals surface area contributed by atoms with Gasteiger partial charge in [-0.15, -0.1) is 0 Å². The number of carboxylic acids is 1. The highest BCUT2D eigenvalue weighted by atomic mass is 16.4. The molecule has 0 amide bonds. The van der Waals surface area contributed by atoms with E-state index >= 15 is 0 Å². The summed E-state index contributed by atoms with van der Waals surface area (Å²) in [7, 11) is 0. The van der Waals surface area contributed by atoms with E-state index in [4.69, 9.17) is 0 Å². The lowest BCUT2D eigenvalue weighted by molar-refractivity contribution is -0.336. The zero-order valence-electron chi connectivity index (χ0n) is 22.5. The summed E-state index contributed by atoms with van der Waals surface area (Å²) in [5.41, 5.74) is 0.531. The van der Waals surface area contributed by atoms with Gasteiger partial charge in [0.1, 0.15) is 0 Å². The predicted molar refractivity (Wildman–Crippen MR) is 131 cm³/mol. The lowest BCUT2D eigenvalue weighted by Crippen LogP contribution is -2.68. The van der Waals surface area contributed by atoms with Gasteiger partial charge in [-0.1, -0.05) is 60.1 Å². The Bertz CT molecular complexity index is 909. The van der Waals surface area contributed by atoms with E-state index in [1.54, 1.807) is 12.5 Å². The molecule has 2 N–H and O–H groups in total. The SMILES string of the molecule is CC(C)[C@H]1CC[C@@H]2[C@]1(C)CC[C@]1(C)C3=CC[C@@H]4[C@](C)(C[C@@H](O)[C@H](O)[C@@]4(C)C(=O)[O-])[C@H]3CC[C@@]21C. The van der Waals surface area contributed by atoms with Crippen LogP contribution in [0.5, 0.6) is 0 Å². The lowest BCUT2D eigenvalue weighted by atomic mass is 9.35. The number of carboxylic acid groups (broad SMARTS) is 1. The Morgan fingerprint density at radius 2 is 1.65 bits per heavy atom. The van der Waals surface area contributed by atoms with Gasteiger partial charge in [-0.3, -0.25) is 0 Å². The van der Waals surface area contributed by atoms with Crippen molar-refractivity contribution in [2.24, 2.45) is 56.7 Å². The first-order chi connectivity index (χ1) is 15.7. The molecule has 4 saturated carbocycles. The average Bonchev–Trinajstić information content (AvgIpc) is 3.11. The molecule has 0 bridgehead atoms. The highest BCUT2D eigenvalue weighted by molar-refractivity contribution is 5.74. The van der Waals surface area contributed by atoms with Crippen LogP contribution in [0.3, 0.4) is 0 Å². The third-order valence-electron chi connectivity index (χ3n) is 13.3. The fraction of sp³-hybridized carbons (Fsp3) is 0.900. The minimum absolute atomic E-state index is 0.110. The molecule has 0 spiro atoms. The Morgan fingerprint density at radius 1 is 0.971 bits per heavy atom. The summed E-state index contributed by atoms with van der Waals surface area (Å²) in [5.74, 6) is 1.07. The Morgan fingerprint density at radius 3 is 2.26 bits per heavy atom. The number of aliphatic hydroxyl groups is 2. The number of allylic oxidation sites excluding steroid dienone is 2. The van der Waals surface area contributed by atoms with Gasteiger partial charge < -0.3 is 20.1 Å². The van der Waals surface area contributed by atoms with E-state index in [1.807, 2.05) is 0 Å². The van der Waals surface area contributed by atoms with Crippen molar-refractivity contribution in [2.45, 2.75) is 112 Å². The van der Waals surface area contributed by atoms with Crippen molar-refractivity contribution in [3.05, 3.63) is 11.6 Å². The Kier molecular flexibility index (Phi) is 5.36. The molecule has 4 heteroatoms. The maximum absolute atomic E-state index is 12.4. The van der Waals surface area contributed by atoms with E-state index < -0.39 is 23.6 Å². The fourth-order valence-corrected chi connectivity index (χ4v) is 11.3. The second-order valence-corrected chi connectivity index (χ2v) is 14.6. The molecule has 5 aliphatic carbocycles. The van der Waals surface area contributed by atoms with Gasteiger partial charge in [-0.25, -0.2) is 0 Å². The summed E-state index contributed by atoms with van der Waals surface area (Å²) in [5, 5.41) is 34.1. The summed E-state index contributed by atoms with van der Waals surface area (Å²) in [6.07, 6.45) is 8.56. The summed E-state index contributed by atoms with van der Waals surface area (Å²) in [6, 6.07) is 0. The highest BCUT2D eigenvalue weighted by Crippen LogP contribution is 2.76. The molecule has 0 radical (unpaired) electrons. The first-order valence-corrected chi connectivity index (χ1v) is 14.0. The van der Waals surface area contributed by atoms with Crippen molar-refractivity contribution in [1.82, 2.24) is 0 Å². The Labute approximate surface area is 206 Å². The van der Waals surface area contributed by atoms with Crippen LogP contribution in [-0.4, -0.2) is 28.4 Å². The maximum atomic E-state index is 12.4. The van der Waals surface area contributed by atoms with Gasteiger partial charge in [0.2, 0.25) is 0 Å². The summed E-state index contributed by atoms with van der Waals surface area (Å²) in [4.78, 5) is 12.4. The van der Waals surface area contributed by atoms with Gasteiger partial charge in [0, 0.05) is 5.41 Å². The minimum atomic E-state index is -1.43. The van der Waals surface area contributed by atoms with Crippen LogP contribution in [0.2, 0.25) is 0 Å². The van der Waals surface area contributed by atoms with E-state index in [-0.39, 0.29) is 28.1 Å². The van der Waals surface area contributed by atoms with Crippen LogP contribution in [0, 0.1) is 56.7 Å². The molecule has 4 nitrogen and oxygen atoms in total. The van der Waals surface area contributed by atoms with Crippen molar-refractivity contribution in [2.75, 3.05) is 0 Å². The molecule has 0 aromatic heterocycles. The summed E-state index contributed by atoms with van der Waals surface area (Å²) >= 11 is 0. The predicted octanol–water partition coefficient (Wildman–Crippen LogP) is 4.73. The molecule has 0 aromatic carbocycles. The minimum Gasteiger partial charge on any atom is -0.549 e. The molecule has 0 aromatic rings. The van der Waals surface area contributed by atoms with E-state index in [0.29, 0.717) is 18.3 Å². The summed E-state index contributed by atoms with van der Waals surface area (Å²) < 4.78 is 0. The number of carbonyl (C=O) groups is 1. The van der Waals surface area contributed by atoms with Gasteiger partial charge in [0.05, 0.1) is 18.2 Å². The molecule has 192 valence electrons. The van der Waals surface area contributed by atoms with Crippen LogP contribution >= 0.6 is 0 Å². The smallest absolute Gasteiger partial charge is 0.0907 e. The van der Waals surface area contributed by atoms with Crippen LogP contribution in [0.15, 0.2) is 11.6 Å². The van der Waals surface area contributed by atoms with Gasteiger partial charge in [-0.05, 0) is 103 Å². The van der Waals surface area contributed by atoms with Crippen LogP contribution in [-0.2, 0) is 4.79 Å². The number of carbonyl (C=O) groups excluding carboxylic acids is 1. The number of aliphatic carboxylic acids is 1. The molecule has 4 fully saturated rings. The molecular weight excluding hydrogens is 424 g/mol. The Hall–Kier alpha value is -0.870. The second kappa shape index (κ2) is 7.34. The van der Waals surface area contributed by atoms with E-state index in [2.05, 4.69) is 47.6 Å². The lowest BCUT2D eigenvalue weighted by Gasteiger charge is -2.69. The molecule has 0 saturated heterocycles. The van der Waals surface area contributed by atoms with E-state index in [9.17, 15) is 20.1 Å². The van der Waals surface area contributed by atoms with Crippen LogP contribution in [0.25, 0.3) is 0 Å². The van der Waals surface area contributed by atoms with Crippen molar-refractivity contribution < 1.29 is 20.1 Å². The van der Waals surface area contributed by atoms with Crippen LogP contribution in [0.1, 0.15) is 99.8 Å². The third kappa shape index (κ3) is 2.71. The quantitative estimate of drug-likeness (QED) is 0.571. The number of hydrogen-bond donors (Lipinski definition) is 2. The molecule has 5 aliphatic rings. The van der Waals surface area contributed by atoms with E-state index in [1.165, 1.54) is 32.1 Å². The molecular formula is C30H47O4-. The number of aliphatic hydroxyl groups excluding tert-OH is 2. The largest absolute Gasteiger partial charge is 0.549 e. The zero-order chi connectivity index (χ0) is 25.1. The number of hydrogen-bond acceptors (Lipinski definition) is 4. The monoisotopic (exact) mass is 471 g/mol. The molecule has 0 heterocycles.